The molecule has 0 aliphatic heterocycles. The van der Waals surface area contributed by atoms with Gasteiger partial charge in [-0.25, -0.2) is 4.39 Å². The molecule has 0 saturated heterocycles. The Morgan fingerprint density at radius 3 is 2.75 bits per heavy atom. The quantitative estimate of drug-likeness (QED) is 0.325. The van der Waals surface area contributed by atoms with Crippen molar-refractivity contribution in [1.29, 1.82) is 0 Å². The van der Waals surface area contributed by atoms with Gasteiger partial charge in [0.25, 0.3) is 5.91 Å². The van der Waals surface area contributed by atoms with Gasteiger partial charge in [0, 0.05) is 16.3 Å². The Hall–Kier alpha value is -1.98. The molecule has 9 heteroatoms. The highest BCUT2D eigenvalue weighted by molar-refractivity contribution is 14.1. The molecule has 0 spiro atoms. The number of rotatable bonds is 7. The van der Waals surface area contributed by atoms with Crippen LogP contribution in [0.25, 0.3) is 0 Å². The number of nitrogens with zero attached hydrogens (tertiary/aromatic N) is 1. The molecule has 24 heavy (non-hydrogen) atoms. The van der Waals surface area contributed by atoms with E-state index in [-0.39, 0.29) is 17.8 Å². The molecule has 0 fully saturated rings. The van der Waals surface area contributed by atoms with Crippen molar-refractivity contribution < 1.29 is 19.4 Å². The molecule has 0 radical (unpaired) electrons. The van der Waals surface area contributed by atoms with Gasteiger partial charge in [-0.15, -0.1) is 0 Å². The molecule has 1 heterocycles. The standard InChI is InChI=1S/C15H16FIN4O3/c16-12-5-9(17)1-2-13(12)20-21-14-7-18-4-3-11(14)15(24)19-6-10(23)8-22/h1-5,7,10,20-23H,6,8H2,(H,19,24)/t10-/m0/s1. The molecule has 1 atom stereocenters. The summed E-state index contributed by atoms with van der Waals surface area (Å²) in [5, 5.41) is 20.5. The maximum atomic E-state index is 13.8. The second-order valence-electron chi connectivity index (χ2n) is 4.84. The number of amides is 1. The van der Waals surface area contributed by atoms with Gasteiger partial charge in [-0.2, -0.15) is 0 Å². The molecule has 7 nitrogen and oxygen atoms in total. The van der Waals surface area contributed by atoms with Crippen LogP contribution in [-0.4, -0.2) is 40.4 Å². The van der Waals surface area contributed by atoms with Crippen molar-refractivity contribution >= 4 is 39.9 Å². The van der Waals surface area contributed by atoms with E-state index >= 15 is 0 Å². The molecule has 2 rings (SSSR count). The topological polar surface area (TPSA) is 107 Å². The average molecular weight is 446 g/mol. The third kappa shape index (κ3) is 5.01. The lowest BCUT2D eigenvalue weighted by Gasteiger charge is -2.14. The van der Waals surface area contributed by atoms with Crippen LogP contribution in [0.5, 0.6) is 0 Å². The van der Waals surface area contributed by atoms with Crippen LogP contribution in [-0.2, 0) is 0 Å². The van der Waals surface area contributed by atoms with E-state index in [9.17, 15) is 14.3 Å². The summed E-state index contributed by atoms with van der Waals surface area (Å²) in [7, 11) is 0. The second kappa shape index (κ2) is 8.76. The van der Waals surface area contributed by atoms with E-state index in [1.807, 2.05) is 22.6 Å². The fourth-order valence-electron chi connectivity index (χ4n) is 1.79. The highest BCUT2D eigenvalue weighted by Crippen LogP contribution is 2.19. The molecule has 0 unspecified atom stereocenters. The van der Waals surface area contributed by atoms with Crippen molar-refractivity contribution in [2.24, 2.45) is 0 Å². The monoisotopic (exact) mass is 446 g/mol. The number of aliphatic hydroxyl groups is 2. The van der Waals surface area contributed by atoms with Gasteiger partial charge >= 0.3 is 0 Å². The van der Waals surface area contributed by atoms with E-state index in [1.165, 1.54) is 24.5 Å². The van der Waals surface area contributed by atoms with Crippen molar-refractivity contribution in [3.8, 4) is 0 Å². The maximum Gasteiger partial charge on any atom is 0.253 e. The van der Waals surface area contributed by atoms with Gasteiger partial charge in [-0.1, -0.05) is 0 Å². The van der Waals surface area contributed by atoms with Crippen LogP contribution >= 0.6 is 22.6 Å². The average Bonchev–Trinajstić information content (AvgIpc) is 2.58. The van der Waals surface area contributed by atoms with Gasteiger partial charge in [-0.3, -0.25) is 20.6 Å². The van der Waals surface area contributed by atoms with Crippen molar-refractivity contribution in [1.82, 2.24) is 10.3 Å². The maximum absolute atomic E-state index is 13.8. The van der Waals surface area contributed by atoms with E-state index in [2.05, 4.69) is 21.2 Å². The minimum atomic E-state index is -1.04. The Bertz CT molecular complexity index is 717. The number of nitrogens with one attached hydrogen (secondary N) is 3. The zero-order valence-corrected chi connectivity index (χ0v) is 14.6. The Kier molecular flexibility index (Phi) is 6.70. The van der Waals surface area contributed by atoms with E-state index in [4.69, 9.17) is 5.11 Å². The fourth-order valence-corrected chi connectivity index (χ4v) is 2.24. The van der Waals surface area contributed by atoms with Crippen LogP contribution in [0, 0.1) is 9.39 Å². The Balaban J connectivity index is 2.06. The van der Waals surface area contributed by atoms with Gasteiger partial charge in [0.15, 0.2) is 0 Å². The first-order valence-electron chi connectivity index (χ1n) is 6.99. The predicted octanol–water partition coefficient (Wildman–Crippen LogP) is 1.35. The summed E-state index contributed by atoms with van der Waals surface area (Å²) in [5.41, 5.74) is 6.26. The molecule has 1 aromatic carbocycles. The lowest BCUT2D eigenvalue weighted by Crippen LogP contribution is -2.34. The SMILES string of the molecule is O=C(NC[C@H](O)CO)c1ccncc1NNc1ccc(I)cc1F. The van der Waals surface area contributed by atoms with Crippen molar-refractivity contribution in [3.63, 3.8) is 0 Å². The Morgan fingerprint density at radius 2 is 2.04 bits per heavy atom. The predicted molar refractivity (Wildman–Crippen MR) is 96.0 cm³/mol. The minimum absolute atomic E-state index is 0.0870. The lowest BCUT2D eigenvalue weighted by molar-refractivity contribution is 0.0802. The van der Waals surface area contributed by atoms with Crippen molar-refractivity contribution in [3.05, 3.63) is 51.6 Å². The second-order valence-corrected chi connectivity index (χ2v) is 6.09. The number of benzene rings is 1. The molecule has 0 aliphatic rings. The molecule has 1 amide bonds. The number of carbonyl (C=O) groups excluding carboxylic acids is 1. The van der Waals surface area contributed by atoms with Crippen LogP contribution in [0.1, 0.15) is 10.4 Å². The zero-order chi connectivity index (χ0) is 17.5. The molecule has 0 aliphatic carbocycles. The molecular weight excluding hydrogens is 430 g/mol. The van der Waals surface area contributed by atoms with Crippen LogP contribution in [0.4, 0.5) is 15.8 Å². The number of aromatic nitrogens is 1. The van der Waals surface area contributed by atoms with Gasteiger partial charge < -0.3 is 15.5 Å². The summed E-state index contributed by atoms with van der Waals surface area (Å²) < 4.78 is 14.6. The van der Waals surface area contributed by atoms with Gasteiger partial charge in [0.05, 0.1) is 35.8 Å². The summed E-state index contributed by atoms with van der Waals surface area (Å²) in [6.07, 6.45) is 1.81. The largest absolute Gasteiger partial charge is 0.394 e. The van der Waals surface area contributed by atoms with Crippen LogP contribution in [0.3, 0.4) is 0 Å². The first-order chi connectivity index (χ1) is 11.5. The highest BCUT2D eigenvalue weighted by Gasteiger charge is 2.13. The van der Waals surface area contributed by atoms with Crippen LogP contribution < -0.4 is 16.2 Å². The van der Waals surface area contributed by atoms with Gasteiger partial charge in [0.1, 0.15) is 5.82 Å². The summed E-state index contributed by atoms with van der Waals surface area (Å²) in [6.45, 7) is -0.536. The number of anilines is 2. The number of aliphatic hydroxyl groups excluding tert-OH is 2. The smallest absolute Gasteiger partial charge is 0.253 e. The van der Waals surface area contributed by atoms with Gasteiger partial charge in [0.2, 0.25) is 0 Å². The molecule has 1 aromatic heterocycles. The summed E-state index contributed by atoms with van der Waals surface area (Å²) in [5.74, 6) is -0.896. The summed E-state index contributed by atoms with van der Waals surface area (Å²) >= 11 is 2.00. The lowest BCUT2D eigenvalue weighted by atomic mass is 10.2. The molecular formula is C15H16FIN4O3. The number of pyridine rings is 1. The van der Waals surface area contributed by atoms with Crippen molar-refractivity contribution in [2.45, 2.75) is 6.10 Å². The fraction of sp³-hybridized carbons (Fsp3) is 0.200. The molecule has 0 saturated carbocycles. The number of hydrogen-bond acceptors (Lipinski definition) is 6. The molecule has 128 valence electrons. The molecule has 2 aromatic rings. The van der Waals surface area contributed by atoms with Crippen molar-refractivity contribution in [2.75, 3.05) is 24.0 Å². The van der Waals surface area contributed by atoms with E-state index < -0.39 is 24.4 Å². The van der Waals surface area contributed by atoms with E-state index in [0.717, 1.165) is 3.57 Å². The van der Waals surface area contributed by atoms with Crippen LogP contribution in [0.15, 0.2) is 36.7 Å². The number of hydrogen-bond donors (Lipinski definition) is 5. The van der Waals surface area contributed by atoms with Gasteiger partial charge in [-0.05, 0) is 46.9 Å². The normalized spacial score (nSPS) is 11.7. The number of carbonyl (C=O) groups is 1. The van der Waals surface area contributed by atoms with E-state index in [0.29, 0.717) is 5.69 Å². The summed E-state index contributed by atoms with van der Waals surface area (Å²) in [4.78, 5) is 16.1. The Morgan fingerprint density at radius 1 is 1.29 bits per heavy atom. The minimum Gasteiger partial charge on any atom is -0.394 e. The Labute approximate surface area is 151 Å². The first kappa shape index (κ1) is 18.4. The molecule has 5 N–H and O–H groups in total. The first-order valence-corrected chi connectivity index (χ1v) is 8.07. The number of hydrazine groups is 1. The third-order valence-corrected chi connectivity index (χ3v) is 3.71. The third-order valence-electron chi connectivity index (χ3n) is 3.04. The number of halogens is 2. The summed E-state index contributed by atoms with van der Waals surface area (Å²) in [6, 6.07) is 6.16. The molecule has 0 bridgehead atoms. The zero-order valence-electron chi connectivity index (χ0n) is 12.5. The van der Waals surface area contributed by atoms with Crippen LogP contribution in [0.2, 0.25) is 0 Å². The highest BCUT2D eigenvalue weighted by atomic mass is 127. The van der Waals surface area contributed by atoms with E-state index in [1.54, 1.807) is 12.1 Å².